The Hall–Kier alpha value is -1.83. The van der Waals surface area contributed by atoms with E-state index in [-0.39, 0.29) is 24.9 Å². The van der Waals surface area contributed by atoms with Gasteiger partial charge in [-0.15, -0.1) is 0 Å². The van der Waals surface area contributed by atoms with Crippen molar-refractivity contribution in [2.45, 2.75) is 38.3 Å². The van der Waals surface area contributed by atoms with Gasteiger partial charge in [-0.1, -0.05) is 0 Å². The molecule has 3 amide bonds. The summed E-state index contributed by atoms with van der Waals surface area (Å²) >= 11 is 0. The number of primary amides is 1. The molecule has 0 aliphatic carbocycles. The zero-order valence-corrected chi connectivity index (χ0v) is 11.4. The van der Waals surface area contributed by atoms with Gasteiger partial charge >= 0.3 is 12.0 Å². The van der Waals surface area contributed by atoms with Crippen molar-refractivity contribution in [2.24, 2.45) is 11.7 Å². The number of hydrogen-bond acceptors (Lipinski definition) is 4. The second-order valence-corrected chi connectivity index (χ2v) is 4.87. The molecule has 1 rings (SSSR count). The molecule has 2 unspecified atom stereocenters. The van der Waals surface area contributed by atoms with E-state index in [0.717, 1.165) is 6.42 Å². The molecule has 8 nitrogen and oxygen atoms in total. The molecule has 0 radical (unpaired) electrons. The summed E-state index contributed by atoms with van der Waals surface area (Å²) in [5.41, 5.74) is 4.95. The van der Waals surface area contributed by atoms with Crippen LogP contribution in [0.1, 0.15) is 26.2 Å². The van der Waals surface area contributed by atoms with Crippen molar-refractivity contribution in [2.75, 3.05) is 13.2 Å². The number of carboxylic acids is 1. The maximum atomic E-state index is 11.6. The number of amides is 3. The van der Waals surface area contributed by atoms with E-state index in [1.807, 2.05) is 6.92 Å². The van der Waals surface area contributed by atoms with E-state index < -0.39 is 23.9 Å². The number of rotatable bonds is 7. The highest BCUT2D eigenvalue weighted by molar-refractivity contribution is 5.83. The zero-order valence-electron chi connectivity index (χ0n) is 11.4. The van der Waals surface area contributed by atoms with Gasteiger partial charge in [-0.3, -0.25) is 4.79 Å². The van der Waals surface area contributed by atoms with E-state index in [9.17, 15) is 14.4 Å². The van der Waals surface area contributed by atoms with Crippen LogP contribution in [0.15, 0.2) is 0 Å². The van der Waals surface area contributed by atoms with Crippen LogP contribution in [0.25, 0.3) is 0 Å². The number of carbonyl (C=O) groups excluding carboxylic acids is 2. The lowest BCUT2D eigenvalue weighted by molar-refractivity contribution is -0.139. The Balaban J connectivity index is 2.33. The molecule has 1 aliphatic rings. The largest absolute Gasteiger partial charge is 0.480 e. The molecule has 1 fully saturated rings. The Kier molecular flexibility index (Phi) is 6.23. The van der Waals surface area contributed by atoms with Crippen LogP contribution in [0.5, 0.6) is 0 Å². The van der Waals surface area contributed by atoms with Gasteiger partial charge in [0, 0.05) is 25.5 Å². The van der Waals surface area contributed by atoms with E-state index >= 15 is 0 Å². The first-order valence-corrected chi connectivity index (χ1v) is 6.57. The van der Waals surface area contributed by atoms with Crippen LogP contribution in [-0.4, -0.2) is 48.3 Å². The molecule has 114 valence electrons. The summed E-state index contributed by atoms with van der Waals surface area (Å²) in [6.45, 7) is 3.03. The Labute approximate surface area is 117 Å². The summed E-state index contributed by atoms with van der Waals surface area (Å²) in [4.78, 5) is 33.2. The molecule has 1 heterocycles. The monoisotopic (exact) mass is 287 g/mol. The zero-order chi connectivity index (χ0) is 15.1. The first-order valence-electron chi connectivity index (χ1n) is 6.57. The Bertz CT molecular complexity index is 374. The smallest absolute Gasteiger partial charge is 0.326 e. The Morgan fingerprint density at radius 3 is 2.65 bits per heavy atom. The standard InChI is InChI=1S/C12H21N3O5/c1-7-8(4-5-20-7)6-14-12(19)15-9(11(17)18)2-3-10(13)16/h7-9H,2-6H2,1H3,(H2,13,16)(H,17,18)(H2,14,15,19)/t7?,8?,9-/m0/s1. The summed E-state index contributed by atoms with van der Waals surface area (Å²) in [6, 6.07) is -1.69. The Morgan fingerprint density at radius 2 is 2.15 bits per heavy atom. The van der Waals surface area contributed by atoms with Gasteiger partial charge < -0.3 is 26.2 Å². The van der Waals surface area contributed by atoms with Crippen LogP contribution in [-0.2, 0) is 14.3 Å². The molecule has 0 spiro atoms. The fraction of sp³-hybridized carbons (Fsp3) is 0.750. The predicted molar refractivity (Wildman–Crippen MR) is 69.9 cm³/mol. The van der Waals surface area contributed by atoms with Crippen LogP contribution in [0.3, 0.4) is 0 Å². The summed E-state index contributed by atoms with van der Waals surface area (Å²) in [5.74, 6) is -1.57. The Morgan fingerprint density at radius 1 is 1.45 bits per heavy atom. The van der Waals surface area contributed by atoms with Gasteiger partial charge in [0.1, 0.15) is 6.04 Å². The molecule has 5 N–H and O–H groups in total. The third-order valence-electron chi connectivity index (χ3n) is 3.34. The predicted octanol–water partition coefficient (Wildman–Crippen LogP) is -0.571. The maximum Gasteiger partial charge on any atom is 0.326 e. The van der Waals surface area contributed by atoms with Crippen LogP contribution < -0.4 is 16.4 Å². The van der Waals surface area contributed by atoms with Gasteiger partial charge in [-0.25, -0.2) is 9.59 Å². The van der Waals surface area contributed by atoms with E-state index in [2.05, 4.69) is 10.6 Å². The van der Waals surface area contributed by atoms with E-state index in [1.165, 1.54) is 0 Å². The van der Waals surface area contributed by atoms with Gasteiger partial charge in [0.25, 0.3) is 0 Å². The van der Waals surface area contributed by atoms with Crippen molar-refractivity contribution < 1.29 is 24.2 Å². The van der Waals surface area contributed by atoms with Crippen molar-refractivity contribution in [3.63, 3.8) is 0 Å². The number of nitrogens with two attached hydrogens (primary N) is 1. The molecular formula is C12H21N3O5. The first-order chi connectivity index (χ1) is 9.40. The minimum atomic E-state index is -1.20. The molecular weight excluding hydrogens is 266 g/mol. The molecule has 1 saturated heterocycles. The summed E-state index contributed by atoms with van der Waals surface area (Å²) in [5, 5.41) is 13.9. The molecule has 0 aromatic rings. The highest BCUT2D eigenvalue weighted by Gasteiger charge is 2.25. The number of carbonyl (C=O) groups is 3. The normalized spacial score (nSPS) is 23.1. The third kappa shape index (κ3) is 5.43. The van der Waals surface area contributed by atoms with Crippen molar-refractivity contribution >= 4 is 17.9 Å². The minimum Gasteiger partial charge on any atom is -0.480 e. The van der Waals surface area contributed by atoms with Crippen molar-refractivity contribution in [3.8, 4) is 0 Å². The number of urea groups is 1. The average Bonchev–Trinajstić information content (AvgIpc) is 2.77. The highest BCUT2D eigenvalue weighted by atomic mass is 16.5. The third-order valence-corrected chi connectivity index (χ3v) is 3.34. The summed E-state index contributed by atoms with van der Waals surface area (Å²) in [6.07, 6.45) is 0.831. The molecule has 3 atom stereocenters. The molecule has 0 bridgehead atoms. The maximum absolute atomic E-state index is 11.6. The lowest BCUT2D eigenvalue weighted by Gasteiger charge is -2.17. The minimum absolute atomic E-state index is 0.0268. The lowest BCUT2D eigenvalue weighted by Crippen LogP contribution is -2.47. The van der Waals surface area contributed by atoms with E-state index in [1.54, 1.807) is 0 Å². The molecule has 0 aromatic carbocycles. The number of nitrogens with one attached hydrogen (secondary N) is 2. The lowest BCUT2D eigenvalue weighted by atomic mass is 10.0. The molecule has 0 aromatic heterocycles. The second-order valence-electron chi connectivity index (χ2n) is 4.87. The molecule has 8 heteroatoms. The second kappa shape index (κ2) is 7.68. The van der Waals surface area contributed by atoms with E-state index in [0.29, 0.717) is 13.2 Å². The summed E-state index contributed by atoms with van der Waals surface area (Å²) < 4.78 is 5.36. The number of ether oxygens (including phenoxy) is 1. The number of carboxylic acid groups (broad SMARTS) is 1. The van der Waals surface area contributed by atoms with Gasteiger partial charge in [0.15, 0.2) is 0 Å². The van der Waals surface area contributed by atoms with Crippen molar-refractivity contribution in [1.29, 1.82) is 0 Å². The van der Waals surface area contributed by atoms with Gasteiger partial charge in [0.2, 0.25) is 5.91 Å². The van der Waals surface area contributed by atoms with Crippen molar-refractivity contribution in [1.82, 2.24) is 10.6 Å². The first kappa shape index (κ1) is 16.2. The van der Waals surface area contributed by atoms with Gasteiger partial charge in [-0.05, 0) is 19.8 Å². The fourth-order valence-corrected chi connectivity index (χ4v) is 2.02. The molecule has 0 saturated carbocycles. The van der Waals surface area contributed by atoms with Crippen LogP contribution >= 0.6 is 0 Å². The number of hydrogen-bond donors (Lipinski definition) is 4. The van der Waals surface area contributed by atoms with Crippen LogP contribution in [0.2, 0.25) is 0 Å². The molecule has 1 aliphatic heterocycles. The topological polar surface area (TPSA) is 131 Å². The number of aliphatic carboxylic acids is 1. The molecule has 20 heavy (non-hydrogen) atoms. The summed E-state index contributed by atoms with van der Waals surface area (Å²) in [7, 11) is 0. The highest BCUT2D eigenvalue weighted by Crippen LogP contribution is 2.19. The average molecular weight is 287 g/mol. The van der Waals surface area contributed by atoms with E-state index in [4.69, 9.17) is 15.6 Å². The van der Waals surface area contributed by atoms with Gasteiger partial charge in [0.05, 0.1) is 6.10 Å². The van der Waals surface area contributed by atoms with Gasteiger partial charge in [-0.2, -0.15) is 0 Å². The quantitative estimate of drug-likeness (QED) is 0.498. The fourth-order valence-electron chi connectivity index (χ4n) is 2.02. The van der Waals surface area contributed by atoms with Crippen LogP contribution in [0, 0.1) is 5.92 Å². The van der Waals surface area contributed by atoms with Crippen LogP contribution in [0.4, 0.5) is 4.79 Å². The van der Waals surface area contributed by atoms with Crippen molar-refractivity contribution in [3.05, 3.63) is 0 Å². The SMILES string of the molecule is CC1OCCC1CNC(=O)N[C@@H](CCC(N)=O)C(=O)O.